The van der Waals surface area contributed by atoms with Crippen LogP contribution in [0.4, 0.5) is 0 Å². The van der Waals surface area contributed by atoms with Crippen molar-refractivity contribution < 1.29 is 4.74 Å². The summed E-state index contributed by atoms with van der Waals surface area (Å²) in [5, 5.41) is 11.2. The molecule has 3 heterocycles. The molecule has 5 nitrogen and oxygen atoms in total. The van der Waals surface area contributed by atoms with Gasteiger partial charge in [0.25, 0.3) is 0 Å². The van der Waals surface area contributed by atoms with Gasteiger partial charge in [-0.3, -0.25) is 4.90 Å². The van der Waals surface area contributed by atoms with Crippen LogP contribution in [-0.4, -0.2) is 51.2 Å². The Morgan fingerprint density at radius 2 is 1.67 bits per heavy atom. The molecule has 2 fully saturated rings. The average Bonchev–Trinajstić information content (AvgIpc) is 3.51. The zero-order valence-electron chi connectivity index (χ0n) is 18.9. The van der Waals surface area contributed by atoms with Crippen LogP contribution in [0.15, 0.2) is 59.8 Å². The topological polar surface area (TPSA) is 43.2 Å². The van der Waals surface area contributed by atoms with E-state index < -0.39 is 0 Å². The van der Waals surface area contributed by atoms with Crippen molar-refractivity contribution in [2.24, 2.45) is 0 Å². The molecule has 0 saturated carbocycles. The molecule has 174 valence electrons. The van der Waals surface area contributed by atoms with Crippen LogP contribution in [0.1, 0.15) is 48.6 Å². The highest BCUT2D eigenvalue weighted by Crippen LogP contribution is 2.31. The zero-order valence-corrected chi connectivity index (χ0v) is 20.5. The second-order valence-electron chi connectivity index (χ2n) is 9.04. The van der Waals surface area contributed by atoms with E-state index in [9.17, 15) is 0 Å². The molecule has 7 heteroatoms. The molecule has 0 unspecified atom stereocenters. The van der Waals surface area contributed by atoms with E-state index in [0.717, 1.165) is 73.8 Å². The fourth-order valence-electron chi connectivity index (χ4n) is 4.76. The monoisotopic (exact) mass is 482 g/mol. The molecule has 0 aliphatic carbocycles. The van der Waals surface area contributed by atoms with E-state index in [1.54, 1.807) is 11.8 Å². The number of hydrogen-bond donors (Lipinski definition) is 0. The summed E-state index contributed by atoms with van der Waals surface area (Å²) in [5.41, 5.74) is 2.61. The van der Waals surface area contributed by atoms with E-state index in [1.165, 1.54) is 17.5 Å². The Balaban J connectivity index is 1.27. The van der Waals surface area contributed by atoms with Crippen molar-refractivity contribution in [3.63, 3.8) is 0 Å². The lowest BCUT2D eigenvalue weighted by Crippen LogP contribution is -2.33. The number of nitrogens with zero attached hydrogens (tertiary/aromatic N) is 4. The lowest BCUT2D eigenvalue weighted by Gasteiger charge is -2.31. The Labute approximate surface area is 205 Å². The molecule has 5 rings (SSSR count). The maximum absolute atomic E-state index is 6.04. The molecular weight excluding hydrogens is 452 g/mol. The molecule has 0 N–H and O–H groups in total. The number of halogens is 1. The number of ether oxygens (including phenoxy) is 1. The van der Waals surface area contributed by atoms with Crippen molar-refractivity contribution in [1.82, 2.24) is 19.7 Å². The van der Waals surface area contributed by atoms with E-state index in [-0.39, 0.29) is 0 Å². The fraction of sp³-hybridized carbons (Fsp3) is 0.462. The minimum Gasteiger partial charge on any atom is -0.377 e. The minimum absolute atomic E-state index is 0.344. The third-order valence-electron chi connectivity index (χ3n) is 6.62. The van der Waals surface area contributed by atoms with E-state index in [0.29, 0.717) is 12.0 Å². The normalized spacial score (nSPS) is 19.8. The Bertz CT molecular complexity index is 1010. The van der Waals surface area contributed by atoms with Gasteiger partial charge >= 0.3 is 0 Å². The van der Waals surface area contributed by atoms with E-state index in [2.05, 4.69) is 57.0 Å². The van der Waals surface area contributed by atoms with Crippen molar-refractivity contribution in [3.8, 4) is 0 Å². The van der Waals surface area contributed by atoms with Gasteiger partial charge in [-0.15, -0.1) is 10.2 Å². The first-order chi connectivity index (χ1) is 16.2. The van der Waals surface area contributed by atoms with Crippen LogP contribution in [0.25, 0.3) is 0 Å². The Morgan fingerprint density at radius 1 is 0.909 bits per heavy atom. The van der Waals surface area contributed by atoms with Gasteiger partial charge in [-0.1, -0.05) is 65.8 Å². The quantitative estimate of drug-likeness (QED) is 0.389. The average molecular weight is 483 g/mol. The van der Waals surface area contributed by atoms with Crippen LogP contribution in [-0.2, 0) is 17.8 Å². The molecule has 0 radical (unpaired) electrons. The van der Waals surface area contributed by atoms with Crippen molar-refractivity contribution in [3.05, 3.63) is 76.6 Å². The first-order valence-electron chi connectivity index (χ1n) is 11.9. The Kier molecular flexibility index (Phi) is 7.67. The maximum Gasteiger partial charge on any atom is 0.191 e. The van der Waals surface area contributed by atoms with Gasteiger partial charge in [0.05, 0.1) is 12.6 Å². The Hall–Kier alpha value is -1.86. The molecule has 0 bridgehead atoms. The van der Waals surface area contributed by atoms with Gasteiger partial charge in [-0.05, 0) is 62.0 Å². The summed E-state index contributed by atoms with van der Waals surface area (Å²) in [6.07, 6.45) is 4.88. The Morgan fingerprint density at radius 3 is 2.39 bits per heavy atom. The number of thioether (sulfide) groups is 1. The summed E-state index contributed by atoms with van der Waals surface area (Å²) in [6.45, 7) is 4.83. The van der Waals surface area contributed by atoms with Gasteiger partial charge in [0.1, 0.15) is 5.82 Å². The van der Waals surface area contributed by atoms with Gasteiger partial charge in [0, 0.05) is 29.8 Å². The molecule has 1 aromatic heterocycles. The largest absolute Gasteiger partial charge is 0.377 e. The summed E-state index contributed by atoms with van der Waals surface area (Å²) in [5.74, 6) is 2.53. The molecule has 0 amide bonds. The second-order valence-corrected chi connectivity index (χ2v) is 10.5. The summed E-state index contributed by atoms with van der Waals surface area (Å²) in [6, 6.07) is 18.9. The third-order valence-corrected chi connectivity index (χ3v) is 7.97. The van der Waals surface area contributed by atoms with Crippen molar-refractivity contribution >= 4 is 23.4 Å². The fourth-order valence-corrected chi connectivity index (χ4v) is 5.90. The van der Waals surface area contributed by atoms with Crippen LogP contribution in [0.5, 0.6) is 0 Å². The number of benzene rings is 2. The lowest BCUT2D eigenvalue weighted by molar-refractivity contribution is 0.129. The highest BCUT2D eigenvalue weighted by molar-refractivity contribution is 7.99. The predicted octanol–water partition coefficient (Wildman–Crippen LogP) is 5.63. The molecule has 2 aliphatic heterocycles. The molecule has 2 aliphatic rings. The van der Waals surface area contributed by atoms with Gasteiger partial charge in [-0.25, -0.2) is 0 Å². The molecule has 0 spiro atoms. The summed E-state index contributed by atoms with van der Waals surface area (Å²) < 4.78 is 8.19. The third kappa shape index (κ3) is 5.99. The zero-order chi connectivity index (χ0) is 22.5. The van der Waals surface area contributed by atoms with E-state index in [1.807, 2.05) is 12.1 Å². The van der Waals surface area contributed by atoms with Crippen LogP contribution in [0.3, 0.4) is 0 Å². The van der Waals surface area contributed by atoms with E-state index >= 15 is 0 Å². The number of rotatable bonds is 8. The molecule has 1 atom stereocenters. The molecule has 33 heavy (non-hydrogen) atoms. The van der Waals surface area contributed by atoms with Crippen molar-refractivity contribution in [1.29, 1.82) is 0 Å². The van der Waals surface area contributed by atoms with Crippen LogP contribution in [0, 0.1) is 0 Å². The minimum atomic E-state index is 0.344. The van der Waals surface area contributed by atoms with Crippen molar-refractivity contribution in [2.45, 2.75) is 56.0 Å². The first-order valence-corrected chi connectivity index (χ1v) is 13.3. The van der Waals surface area contributed by atoms with Crippen molar-refractivity contribution in [2.75, 3.05) is 25.4 Å². The number of hydrogen-bond acceptors (Lipinski definition) is 5. The summed E-state index contributed by atoms with van der Waals surface area (Å²) in [7, 11) is 0. The first kappa shape index (κ1) is 22.9. The lowest BCUT2D eigenvalue weighted by atomic mass is 9.95. The van der Waals surface area contributed by atoms with Crippen LogP contribution < -0.4 is 0 Å². The SMILES string of the molecule is Clc1ccc(CN2CCC(c3nnc(SC[C@@H]4CCCO4)n3Cc3ccccc3)CC2)cc1. The number of aromatic nitrogens is 3. The molecule has 3 aromatic rings. The van der Waals surface area contributed by atoms with Gasteiger partial charge in [0.15, 0.2) is 5.16 Å². The number of piperidine rings is 1. The van der Waals surface area contributed by atoms with Gasteiger partial charge in [-0.2, -0.15) is 0 Å². The highest BCUT2D eigenvalue weighted by atomic mass is 35.5. The van der Waals surface area contributed by atoms with Crippen LogP contribution in [0.2, 0.25) is 5.02 Å². The highest BCUT2D eigenvalue weighted by Gasteiger charge is 2.27. The van der Waals surface area contributed by atoms with Gasteiger partial charge < -0.3 is 9.30 Å². The second kappa shape index (κ2) is 11.0. The standard InChI is InChI=1S/C26H31ClN4OS/c27-23-10-8-21(9-11-23)17-30-14-12-22(13-15-30)25-28-29-26(33-19-24-7-4-16-32-24)31(25)18-20-5-2-1-3-6-20/h1-3,5-6,8-11,22,24H,4,7,12-19H2/t24-/m0/s1. The predicted molar refractivity (Wildman–Crippen MR) is 134 cm³/mol. The molecule has 2 saturated heterocycles. The molecule has 2 aromatic carbocycles. The smallest absolute Gasteiger partial charge is 0.191 e. The van der Waals surface area contributed by atoms with E-state index in [4.69, 9.17) is 21.4 Å². The summed E-state index contributed by atoms with van der Waals surface area (Å²) >= 11 is 7.83. The molecular formula is C26H31ClN4OS. The van der Waals surface area contributed by atoms with Gasteiger partial charge in [0.2, 0.25) is 0 Å². The number of likely N-dealkylation sites (tertiary alicyclic amines) is 1. The summed E-state index contributed by atoms with van der Waals surface area (Å²) in [4.78, 5) is 2.53. The maximum atomic E-state index is 6.04. The van der Waals surface area contributed by atoms with Crippen LogP contribution >= 0.6 is 23.4 Å².